The standard InChI is InChI=1S/C25H30N4O3/c1-31-21-10-8-18(9-11-21)23-16-24(20-6-4-12-26-17-20)29(28-23)14-13-27-25(30)19-5-3-7-22(15-19)32-2/h4,6,8-12,16-17,19,22H,3,5,7,13-15H2,1-2H3,(H,27,30)/t19-,22-/m1/s1. The smallest absolute Gasteiger partial charge is 0.223 e. The molecule has 0 unspecified atom stereocenters. The lowest BCUT2D eigenvalue weighted by molar-refractivity contribution is -0.127. The maximum absolute atomic E-state index is 12.7. The Balaban J connectivity index is 1.48. The lowest BCUT2D eigenvalue weighted by Gasteiger charge is -2.27. The van der Waals surface area contributed by atoms with Crippen LogP contribution < -0.4 is 10.1 Å². The van der Waals surface area contributed by atoms with Gasteiger partial charge in [-0.05, 0) is 61.7 Å². The molecular formula is C25H30N4O3. The first kappa shape index (κ1) is 22.0. The van der Waals surface area contributed by atoms with Crippen LogP contribution in [0.1, 0.15) is 25.7 Å². The highest BCUT2D eigenvalue weighted by atomic mass is 16.5. The highest BCUT2D eigenvalue weighted by molar-refractivity contribution is 5.78. The van der Waals surface area contributed by atoms with E-state index in [-0.39, 0.29) is 17.9 Å². The summed E-state index contributed by atoms with van der Waals surface area (Å²) in [6.45, 7) is 1.09. The topological polar surface area (TPSA) is 78.3 Å². The molecule has 1 aliphatic carbocycles. The highest BCUT2D eigenvalue weighted by Gasteiger charge is 2.27. The van der Waals surface area contributed by atoms with Crippen molar-refractivity contribution in [1.82, 2.24) is 20.1 Å². The van der Waals surface area contributed by atoms with Gasteiger partial charge in [0.25, 0.3) is 0 Å². The van der Waals surface area contributed by atoms with Gasteiger partial charge in [-0.15, -0.1) is 0 Å². The molecule has 0 spiro atoms. The molecule has 168 valence electrons. The predicted octanol–water partition coefficient (Wildman–Crippen LogP) is 3.94. The Morgan fingerprint density at radius 3 is 2.72 bits per heavy atom. The predicted molar refractivity (Wildman–Crippen MR) is 123 cm³/mol. The number of amides is 1. The summed E-state index contributed by atoms with van der Waals surface area (Å²) in [5, 5.41) is 7.92. The van der Waals surface area contributed by atoms with Crippen LogP contribution in [0.5, 0.6) is 5.75 Å². The second kappa shape index (κ2) is 10.4. The molecule has 7 heteroatoms. The number of nitrogens with zero attached hydrogens (tertiary/aromatic N) is 3. The van der Waals surface area contributed by atoms with Crippen LogP contribution in [-0.2, 0) is 16.1 Å². The molecule has 2 atom stereocenters. The van der Waals surface area contributed by atoms with Crippen LogP contribution in [-0.4, -0.2) is 47.5 Å². The van der Waals surface area contributed by atoms with Crippen molar-refractivity contribution in [2.24, 2.45) is 5.92 Å². The van der Waals surface area contributed by atoms with Crippen LogP contribution in [0.15, 0.2) is 54.9 Å². The third kappa shape index (κ3) is 5.16. The van der Waals surface area contributed by atoms with Crippen LogP contribution in [0, 0.1) is 5.92 Å². The van der Waals surface area contributed by atoms with E-state index < -0.39 is 0 Å². The van der Waals surface area contributed by atoms with E-state index in [2.05, 4.69) is 16.4 Å². The van der Waals surface area contributed by atoms with Crippen molar-refractivity contribution < 1.29 is 14.3 Å². The van der Waals surface area contributed by atoms with E-state index in [0.717, 1.165) is 53.9 Å². The summed E-state index contributed by atoms with van der Waals surface area (Å²) in [4.78, 5) is 16.9. The molecule has 1 aromatic carbocycles. The van der Waals surface area contributed by atoms with Gasteiger partial charge in [-0.1, -0.05) is 6.42 Å². The maximum Gasteiger partial charge on any atom is 0.223 e. The third-order valence-corrected chi connectivity index (χ3v) is 6.08. The van der Waals surface area contributed by atoms with Gasteiger partial charge in [-0.25, -0.2) is 0 Å². The second-order valence-electron chi connectivity index (χ2n) is 8.12. The second-order valence-corrected chi connectivity index (χ2v) is 8.12. The number of carbonyl (C=O) groups excluding carboxylic acids is 1. The fourth-order valence-corrected chi connectivity index (χ4v) is 4.26. The van der Waals surface area contributed by atoms with E-state index in [1.165, 1.54) is 0 Å². The van der Waals surface area contributed by atoms with Crippen molar-refractivity contribution in [3.8, 4) is 28.3 Å². The molecule has 1 amide bonds. The molecule has 2 aromatic heterocycles. The molecule has 0 bridgehead atoms. The van der Waals surface area contributed by atoms with Gasteiger partial charge < -0.3 is 14.8 Å². The largest absolute Gasteiger partial charge is 0.497 e. The van der Waals surface area contributed by atoms with Gasteiger partial charge >= 0.3 is 0 Å². The first-order valence-corrected chi connectivity index (χ1v) is 11.1. The Morgan fingerprint density at radius 1 is 1.16 bits per heavy atom. The molecule has 1 fully saturated rings. The number of benzene rings is 1. The van der Waals surface area contributed by atoms with Crippen molar-refractivity contribution >= 4 is 5.91 Å². The average molecular weight is 435 g/mol. The van der Waals surface area contributed by atoms with Gasteiger partial charge in [0, 0.05) is 43.1 Å². The lowest BCUT2D eigenvalue weighted by atomic mass is 9.86. The normalized spacial score (nSPS) is 18.3. The average Bonchev–Trinajstić information content (AvgIpc) is 3.28. The monoisotopic (exact) mass is 434 g/mol. The number of methoxy groups -OCH3 is 2. The van der Waals surface area contributed by atoms with E-state index in [9.17, 15) is 4.79 Å². The van der Waals surface area contributed by atoms with Gasteiger partial charge in [0.2, 0.25) is 5.91 Å². The number of nitrogens with one attached hydrogen (secondary N) is 1. The van der Waals surface area contributed by atoms with E-state index in [0.29, 0.717) is 13.1 Å². The molecule has 2 heterocycles. The molecule has 4 rings (SSSR count). The van der Waals surface area contributed by atoms with E-state index >= 15 is 0 Å². The van der Waals surface area contributed by atoms with Gasteiger partial charge in [-0.3, -0.25) is 14.5 Å². The summed E-state index contributed by atoms with van der Waals surface area (Å²) in [5.74, 6) is 0.943. The van der Waals surface area contributed by atoms with E-state index in [4.69, 9.17) is 14.6 Å². The minimum atomic E-state index is 0.0268. The molecule has 0 radical (unpaired) electrons. The van der Waals surface area contributed by atoms with Crippen molar-refractivity contribution in [3.05, 3.63) is 54.9 Å². The zero-order valence-corrected chi connectivity index (χ0v) is 18.7. The quantitative estimate of drug-likeness (QED) is 0.581. The summed E-state index contributed by atoms with van der Waals surface area (Å²) in [5.41, 5.74) is 3.83. The van der Waals surface area contributed by atoms with Gasteiger partial charge in [-0.2, -0.15) is 5.10 Å². The lowest BCUT2D eigenvalue weighted by Crippen LogP contribution is -2.37. The summed E-state index contributed by atoms with van der Waals surface area (Å²) < 4.78 is 12.7. The number of carbonyl (C=O) groups is 1. The molecule has 0 aliphatic heterocycles. The van der Waals surface area contributed by atoms with Crippen LogP contribution >= 0.6 is 0 Å². The maximum atomic E-state index is 12.7. The highest BCUT2D eigenvalue weighted by Crippen LogP contribution is 2.28. The van der Waals surface area contributed by atoms with Crippen molar-refractivity contribution in [3.63, 3.8) is 0 Å². The number of hydrogen-bond acceptors (Lipinski definition) is 5. The number of rotatable bonds is 8. The van der Waals surface area contributed by atoms with E-state index in [1.807, 2.05) is 47.3 Å². The molecule has 32 heavy (non-hydrogen) atoms. The van der Waals surface area contributed by atoms with Gasteiger partial charge in [0.05, 0.1) is 31.1 Å². The molecule has 3 aromatic rings. The number of aromatic nitrogens is 3. The van der Waals surface area contributed by atoms with Crippen LogP contribution in [0.2, 0.25) is 0 Å². The third-order valence-electron chi connectivity index (χ3n) is 6.08. The number of pyridine rings is 1. The minimum Gasteiger partial charge on any atom is -0.497 e. The van der Waals surface area contributed by atoms with Crippen LogP contribution in [0.25, 0.3) is 22.5 Å². The van der Waals surface area contributed by atoms with Crippen LogP contribution in [0.3, 0.4) is 0 Å². The molecule has 1 aliphatic rings. The molecule has 7 nitrogen and oxygen atoms in total. The Bertz CT molecular complexity index is 1020. The SMILES string of the molecule is COc1ccc(-c2cc(-c3cccnc3)n(CCNC(=O)[C@@H]3CCC[C@@H](OC)C3)n2)cc1. The Kier molecular flexibility index (Phi) is 7.17. The minimum absolute atomic E-state index is 0.0268. The molecular weight excluding hydrogens is 404 g/mol. The molecule has 0 saturated heterocycles. The summed E-state index contributed by atoms with van der Waals surface area (Å²) in [6, 6.07) is 13.8. The summed E-state index contributed by atoms with van der Waals surface area (Å²) in [6.07, 6.45) is 7.57. The number of hydrogen-bond donors (Lipinski definition) is 1. The van der Waals surface area contributed by atoms with E-state index in [1.54, 1.807) is 20.4 Å². The zero-order valence-electron chi connectivity index (χ0n) is 18.7. The Hall–Kier alpha value is -3.19. The van der Waals surface area contributed by atoms with Crippen molar-refractivity contribution in [1.29, 1.82) is 0 Å². The Morgan fingerprint density at radius 2 is 2.00 bits per heavy atom. The number of ether oxygens (including phenoxy) is 2. The van der Waals surface area contributed by atoms with Gasteiger partial charge in [0.15, 0.2) is 0 Å². The first-order valence-electron chi connectivity index (χ1n) is 11.1. The van der Waals surface area contributed by atoms with Gasteiger partial charge in [0.1, 0.15) is 5.75 Å². The fourth-order valence-electron chi connectivity index (χ4n) is 4.26. The first-order chi connectivity index (χ1) is 15.7. The fraction of sp³-hybridized carbons (Fsp3) is 0.400. The Labute approximate surface area is 188 Å². The van der Waals surface area contributed by atoms with Crippen molar-refractivity contribution in [2.75, 3.05) is 20.8 Å². The molecule has 1 N–H and O–H groups in total. The summed E-state index contributed by atoms with van der Waals surface area (Å²) >= 11 is 0. The van der Waals surface area contributed by atoms with Crippen LogP contribution in [0.4, 0.5) is 0 Å². The molecule has 1 saturated carbocycles. The summed E-state index contributed by atoms with van der Waals surface area (Å²) in [7, 11) is 3.38. The zero-order chi connectivity index (χ0) is 22.3. The van der Waals surface area contributed by atoms with Crippen molar-refractivity contribution in [2.45, 2.75) is 38.3 Å².